The van der Waals surface area contributed by atoms with Crippen molar-refractivity contribution < 1.29 is 0 Å². The molecule has 4 nitrogen and oxygen atoms in total. The van der Waals surface area contributed by atoms with E-state index in [1.807, 2.05) is 0 Å². The molecule has 0 aromatic carbocycles. The second kappa shape index (κ2) is 3.94. The number of hydrogen-bond acceptors (Lipinski definition) is 3. The molecule has 84 valence electrons. The number of fused-ring (bicyclic) bond motifs is 1. The van der Waals surface area contributed by atoms with Gasteiger partial charge >= 0.3 is 0 Å². The van der Waals surface area contributed by atoms with Crippen LogP contribution in [0.3, 0.4) is 0 Å². The molecule has 2 heterocycles. The Kier molecular flexibility index (Phi) is 2.80. The van der Waals surface area contributed by atoms with Crippen LogP contribution in [0, 0.1) is 0 Å². The van der Waals surface area contributed by atoms with Gasteiger partial charge in [0, 0.05) is 37.7 Å². The van der Waals surface area contributed by atoms with Crippen molar-refractivity contribution in [3.63, 3.8) is 0 Å². The zero-order chi connectivity index (χ0) is 11.0. The molecule has 1 aromatic rings. The van der Waals surface area contributed by atoms with Gasteiger partial charge in [0.15, 0.2) is 0 Å². The Labute approximate surface area is 91.1 Å². The van der Waals surface area contributed by atoms with E-state index >= 15 is 0 Å². The Bertz CT molecular complexity index is 354. The summed E-state index contributed by atoms with van der Waals surface area (Å²) in [7, 11) is 2.15. The molecule has 15 heavy (non-hydrogen) atoms. The van der Waals surface area contributed by atoms with Crippen LogP contribution < -0.4 is 5.73 Å². The molecular formula is C11H20N4. The summed E-state index contributed by atoms with van der Waals surface area (Å²) in [4.78, 5) is 2.33. The lowest BCUT2D eigenvalue weighted by atomic mass is 10.1. The SMILES string of the molecule is CC(C)n1nc2c(c1CN)CN(C)CC2. The van der Waals surface area contributed by atoms with Crippen molar-refractivity contribution >= 4 is 0 Å². The van der Waals surface area contributed by atoms with E-state index in [-0.39, 0.29) is 0 Å². The minimum Gasteiger partial charge on any atom is -0.325 e. The molecule has 2 rings (SSSR count). The maximum absolute atomic E-state index is 5.82. The highest BCUT2D eigenvalue weighted by molar-refractivity contribution is 5.29. The molecule has 1 aromatic heterocycles. The molecule has 0 radical (unpaired) electrons. The van der Waals surface area contributed by atoms with Gasteiger partial charge < -0.3 is 10.6 Å². The van der Waals surface area contributed by atoms with Crippen molar-refractivity contribution in [1.29, 1.82) is 0 Å². The molecule has 4 heteroatoms. The van der Waals surface area contributed by atoms with Crippen molar-refractivity contribution in [2.45, 2.75) is 39.4 Å². The minimum absolute atomic E-state index is 0.402. The second-order valence-corrected chi connectivity index (χ2v) is 4.60. The Morgan fingerprint density at radius 1 is 1.47 bits per heavy atom. The first-order valence-corrected chi connectivity index (χ1v) is 5.61. The van der Waals surface area contributed by atoms with Crippen LogP contribution >= 0.6 is 0 Å². The summed E-state index contributed by atoms with van der Waals surface area (Å²) >= 11 is 0. The molecule has 0 unspecified atom stereocenters. The first-order chi connectivity index (χ1) is 7.13. The van der Waals surface area contributed by atoms with Crippen molar-refractivity contribution in [2.75, 3.05) is 13.6 Å². The second-order valence-electron chi connectivity index (χ2n) is 4.60. The highest BCUT2D eigenvalue weighted by Crippen LogP contribution is 2.23. The largest absolute Gasteiger partial charge is 0.325 e. The van der Waals surface area contributed by atoms with Gasteiger partial charge in [0.1, 0.15) is 0 Å². The molecular weight excluding hydrogens is 188 g/mol. The number of nitrogens with two attached hydrogens (primary N) is 1. The standard InChI is InChI=1S/C11H20N4/c1-8(2)15-11(6-12)9-7-14(3)5-4-10(9)13-15/h8H,4-7,12H2,1-3H3. The van der Waals surface area contributed by atoms with Crippen LogP contribution in [0.15, 0.2) is 0 Å². The molecule has 0 atom stereocenters. The minimum atomic E-state index is 0.402. The van der Waals surface area contributed by atoms with Gasteiger partial charge in [-0.05, 0) is 20.9 Å². The molecule has 0 fully saturated rings. The Hall–Kier alpha value is -0.870. The molecule has 1 aliphatic heterocycles. The summed E-state index contributed by atoms with van der Waals surface area (Å²) in [5.41, 5.74) is 9.65. The third-order valence-corrected chi connectivity index (χ3v) is 3.04. The number of hydrogen-bond donors (Lipinski definition) is 1. The first kappa shape index (κ1) is 10.6. The van der Waals surface area contributed by atoms with Gasteiger partial charge in [0.05, 0.1) is 11.4 Å². The Morgan fingerprint density at radius 2 is 2.20 bits per heavy atom. The maximum atomic E-state index is 5.82. The average molecular weight is 208 g/mol. The van der Waals surface area contributed by atoms with E-state index in [1.165, 1.54) is 17.0 Å². The van der Waals surface area contributed by atoms with E-state index in [4.69, 9.17) is 5.73 Å². The van der Waals surface area contributed by atoms with Crippen LogP contribution in [-0.2, 0) is 19.5 Å². The third-order valence-electron chi connectivity index (χ3n) is 3.04. The fourth-order valence-electron chi connectivity index (χ4n) is 2.23. The number of aromatic nitrogens is 2. The number of rotatable bonds is 2. The molecule has 0 saturated carbocycles. The molecule has 0 aliphatic carbocycles. The summed E-state index contributed by atoms with van der Waals surface area (Å²) in [5, 5.41) is 4.67. The maximum Gasteiger partial charge on any atom is 0.0685 e. The fraction of sp³-hybridized carbons (Fsp3) is 0.727. The van der Waals surface area contributed by atoms with Gasteiger partial charge in [-0.1, -0.05) is 0 Å². The van der Waals surface area contributed by atoms with Crippen LogP contribution in [0.2, 0.25) is 0 Å². The van der Waals surface area contributed by atoms with Crippen molar-refractivity contribution in [3.05, 3.63) is 17.0 Å². The predicted octanol–water partition coefficient (Wildman–Crippen LogP) is 0.911. The zero-order valence-corrected chi connectivity index (χ0v) is 9.82. The Morgan fingerprint density at radius 3 is 2.80 bits per heavy atom. The quantitative estimate of drug-likeness (QED) is 0.786. The topological polar surface area (TPSA) is 47.1 Å². The fourth-order valence-corrected chi connectivity index (χ4v) is 2.23. The lowest BCUT2D eigenvalue weighted by Gasteiger charge is -2.22. The van der Waals surface area contributed by atoms with Gasteiger partial charge in [-0.3, -0.25) is 4.68 Å². The van der Waals surface area contributed by atoms with E-state index in [1.54, 1.807) is 0 Å². The molecule has 0 spiro atoms. The van der Waals surface area contributed by atoms with E-state index < -0.39 is 0 Å². The van der Waals surface area contributed by atoms with Gasteiger partial charge in [0.2, 0.25) is 0 Å². The summed E-state index contributed by atoms with van der Waals surface area (Å²) in [6.07, 6.45) is 1.05. The van der Waals surface area contributed by atoms with Crippen molar-refractivity contribution in [2.24, 2.45) is 5.73 Å². The predicted molar refractivity (Wildman–Crippen MR) is 60.5 cm³/mol. The van der Waals surface area contributed by atoms with Crippen LogP contribution in [0.1, 0.15) is 36.8 Å². The first-order valence-electron chi connectivity index (χ1n) is 5.61. The van der Waals surface area contributed by atoms with Crippen LogP contribution in [0.5, 0.6) is 0 Å². The lowest BCUT2D eigenvalue weighted by Crippen LogP contribution is -2.26. The molecule has 1 aliphatic rings. The van der Waals surface area contributed by atoms with Gasteiger partial charge in [-0.15, -0.1) is 0 Å². The van der Waals surface area contributed by atoms with Crippen molar-refractivity contribution in [1.82, 2.24) is 14.7 Å². The molecule has 0 saturated heterocycles. The van der Waals surface area contributed by atoms with E-state index in [0.717, 1.165) is 19.5 Å². The Balaban J connectivity index is 2.44. The highest BCUT2D eigenvalue weighted by atomic mass is 15.3. The summed E-state index contributed by atoms with van der Waals surface area (Å²) < 4.78 is 2.09. The third kappa shape index (κ3) is 1.79. The van der Waals surface area contributed by atoms with Crippen LogP contribution in [0.25, 0.3) is 0 Å². The smallest absolute Gasteiger partial charge is 0.0685 e. The van der Waals surface area contributed by atoms with Gasteiger partial charge in [-0.25, -0.2) is 0 Å². The average Bonchev–Trinajstić information content (AvgIpc) is 2.55. The van der Waals surface area contributed by atoms with Gasteiger partial charge in [-0.2, -0.15) is 5.10 Å². The monoisotopic (exact) mass is 208 g/mol. The summed E-state index contributed by atoms with van der Waals surface area (Å²) in [5.74, 6) is 0. The van der Waals surface area contributed by atoms with Gasteiger partial charge in [0.25, 0.3) is 0 Å². The van der Waals surface area contributed by atoms with Crippen molar-refractivity contribution in [3.8, 4) is 0 Å². The summed E-state index contributed by atoms with van der Waals surface area (Å²) in [6.45, 7) is 7.00. The molecule has 0 bridgehead atoms. The van der Waals surface area contributed by atoms with Crippen LogP contribution in [0.4, 0.5) is 0 Å². The summed E-state index contributed by atoms with van der Waals surface area (Å²) in [6, 6.07) is 0.402. The van der Waals surface area contributed by atoms with E-state index in [0.29, 0.717) is 12.6 Å². The zero-order valence-electron chi connectivity index (χ0n) is 9.82. The number of likely N-dealkylation sites (N-methyl/N-ethyl adjacent to an activating group) is 1. The normalized spacial score (nSPS) is 17.1. The molecule has 2 N–H and O–H groups in total. The number of nitrogens with zero attached hydrogens (tertiary/aromatic N) is 3. The van der Waals surface area contributed by atoms with E-state index in [2.05, 4.69) is 35.6 Å². The van der Waals surface area contributed by atoms with E-state index in [9.17, 15) is 0 Å². The van der Waals surface area contributed by atoms with Crippen LogP contribution in [-0.4, -0.2) is 28.3 Å². The highest BCUT2D eigenvalue weighted by Gasteiger charge is 2.22. The molecule has 0 amide bonds. The lowest BCUT2D eigenvalue weighted by molar-refractivity contribution is 0.310.